The Morgan fingerprint density at radius 2 is 1.44 bits per heavy atom. The number of H-pyrrole nitrogens is 1. The van der Waals surface area contributed by atoms with Crippen molar-refractivity contribution in [3.05, 3.63) is 129 Å². The number of rotatable bonds is 16. The van der Waals surface area contributed by atoms with Gasteiger partial charge in [-0.3, -0.25) is 19.2 Å². The van der Waals surface area contributed by atoms with Crippen LogP contribution < -0.4 is 20.7 Å². The molecule has 1 aliphatic heterocycles. The maximum absolute atomic E-state index is 13.3. The summed E-state index contributed by atoms with van der Waals surface area (Å²) < 4.78 is 34.2. The molecular formula is C39H48N5O7P. The number of nitrogens with one attached hydrogen (secondary N) is 1. The van der Waals surface area contributed by atoms with Gasteiger partial charge in [0.2, 0.25) is 0 Å². The van der Waals surface area contributed by atoms with E-state index >= 15 is 0 Å². The van der Waals surface area contributed by atoms with E-state index in [1.165, 1.54) is 16.8 Å². The summed E-state index contributed by atoms with van der Waals surface area (Å²) >= 11 is 0. The van der Waals surface area contributed by atoms with Gasteiger partial charge in [0.1, 0.15) is 11.5 Å². The smallest absolute Gasteiger partial charge is 0.330 e. The topological polar surface area (TPSA) is 131 Å². The maximum Gasteiger partial charge on any atom is 0.330 e. The summed E-state index contributed by atoms with van der Waals surface area (Å²) in [5.74, 6) is 1.44. The number of nitriles is 1. The molecule has 52 heavy (non-hydrogen) atoms. The largest absolute Gasteiger partial charge is 0.497 e. The van der Waals surface area contributed by atoms with Crippen LogP contribution in [0.4, 0.5) is 0 Å². The van der Waals surface area contributed by atoms with Crippen LogP contribution in [0.25, 0.3) is 0 Å². The standard InChI is InChI=1S/C39H48N5O7P/c1-28(2)44(29(3)4)52(49-24-10-22-40)50-27-35-25-42(26-37(51-35)43-23-21-36(45)41-38(43)46)39(30-11-8-7-9-12-30,31-13-17-33(47-5)18-14-31)32-15-19-34(48-6)20-16-32/h7-9,11-21,23,28-29,35,37H,10,24-27H2,1-6H3,(H,41,45,46)/t35-,37+,52?/m0/s1. The molecule has 1 fully saturated rings. The number of hydrogen-bond acceptors (Lipinski definition) is 10. The highest BCUT2D eigenvalue weighted by Crippen LogP contribution is 2.48. The first-order valence-electron chi connectivity index (χ1n) is 17.4. The van der Waals surface area contributed by atoms with Gasteiger partial charge in [0.05, 0.1) is 51.6 Å². The van der Waals surface area contributed by atoms with E-state index in [0.717, 1.165) is 28.2 Å². The second-order valence-corrected chi connectivity index (χ2v) is 14.5. The number of morpholine rings is 1. The first kappa shape index (κ1) is 38.9. The van der Waals surface area contributed by atoms with E-state index in [1.807, 2.05) is 42.5 Å². The van der Waals surface area contributed by atoms with Gasteiger partial charge >= 0.3 is 5.69 Å². The second-order valence-electron chi connectivity index (χ2n) is 13.0. The molecule has 1 saturated heterocycles. The summed E-state index contributed by atoms with van der Waals surface area (Å²) in [4.78, 5) is 30.1. The third-order valence-electron chi connectivity index (χ3n) is 9.03. The number of aromatic nitrogens is 2. The van der Waals surface area contributed by atoms with Gasteiger partial charge in [0, 0.05) is 37.4 Å². The van der Waals surface area contributed by atoms with Crippen LogP contribution in [-0.4, -0.2) is 77.8 Å². The lowest BCUT2D eigenvalue weighted by molar-refractivity contribution is -0.149. The Balaban J connectivity index is 1.66. The van der Waals surface area contributed by atoms with Crippen LogP contribution >= 0.6 is 8.53 Å². The summed E-state index contributed by atoms with van der Waals surface area (Å²) in [5, 5.41) is 9.23. The van der Waals surface area contributed by atoms with E-state index in [9.17, 15) is 14.9 Å². The molecule has 13 heteroatoms. The van der Waals surface area contributed by atoms with Crippen LogP contribution in [0, 0.1) is 11.3 Å². The van der Waals surface area contributed by atoms with E-state index in [0.29, 0.717) is 6.54 Å². The van der Waals surface area contributed by atoms with E-state index in [1.54, 1.807) is 14.2 Å². The molecule has 0 saturated carbocycles. The molecule has 3 aromatic carbocycles. The SMILES string of the molecule is COc1ccc(C(c2ccccc2)(c2ccc(OC)cc2)N2C[C@@H](COP(OCCC#N)N(C(C)C)C(C)C)O[C@@H](n3ccc(=O)[nH]c3=O)C2)cc1. The zero-order valence-corrected chi connectivity index (χ0v) is 31.5. The Bertz CT molecular complexity index is 1820. The highest BCUT2D eigenvalue weighted by atomic mass is 31.2. The Morgan fingerprint density at radius 3 is 1.96 bits per heavy atom. The monoisotopic (exact) mass is 729 g/mol. The average Bonchev–Trinajstić information content (AvgIpc) is 3.14. The average molecular weight is 730 g/mol. The lowest BCUT2D eigenvalue weighted by Gasteiger charge is -2.50. The molecule has 5 rings (SSSR count). The molecule has 4 aromatic rings. The molecule has 1 N–H and O–H groups in total. The van der Waals surface area contributed by atoms with Crippen molar-refractivity contribution >= 4 is 8.53 Å². The fourth-order valence-corrected chi connectivity index (χ4v) is 8.48. The molecule has 0 aliphatic carbocycles. The zero-order chi connectivity index (χ0) is 37.3. The normalized spacial score (nSPS) is 17.3. The van der Waals surface area contributed by atoms with Crippen molar-refractivity contribution in [1.82, 2.24) is 19.1 Å². The molecule has 3 atom stereocenters. The molecule has 1 aliphatic rings. The van der Waals surface area contributed by atoms with Crippen LogP contribution in [0.5, 0.6) is 11.5 Å². The second kappa shape index (κ2) is 17.9. The van der Waals surface area contributed by atoms with Crippen LogP contribution in [-0.2, 0) is 19.3 Å². The molecule has 276 valence electrons. The molecule has 0 amide bonds. The lowest BCUT2D eigenvalue weighted by atomic mass is 9.75. The Labute approximate surface area is 306 Å². The summed E-state index contributed by atoms with van der Waals surface area (Å²) in [6.45, 7) is 9.37. The molecule has 0 radical (unpaired) electrons. The fourth-order valence-electron chi connectivity index (χ4n) is 6.84. The van der Waals surface area contributed by atoms with Gasteiger partial charge in [-0.25, -0.2) is 9.46 Å². The van der Waals surface area contributed by atoms with Crippen molar-refractivity contribution in [2.24, 2.45) is 0 Å². The van der Waals surface area contributed by atoms with Crippen molar-refractivity contribution in [2.75, 3.05) is 40.5 Å². The van der Waals surface area contributed by atoms with E-state index < -0.39 is 37.6 Å². The molecule has 1 unspecified atom stereocenters. The zero-order valence-electron chi connectivity index (χ0n) is 30.6. The summed E-state index contributed by atoms with van der Waals surface area (Å²) in [5.41, 5.74) is 0.949. The van der Waals surface area contributed by atoms with Crippen molar-refractivity contribution < 1.29 is 23.3 Å². The van der Waals surface area contributed by atoms with Gasteiger partial charge < -0.3 is 23.3 Å². The first-order chi connectivity index (χ1) is 25.1. The van der Waals surface area contributed by atoms with Crippen LogP contribution in [0.1, 0.15) is 57.0 Å². The Morgan fingerprint density at radius 1 is 0.865 bits per heavy atom. The van der Waals surface area contributed by atoms with E-state index in [4.69, 9.17) is 23.3 Å². The third kappa shape index (κ3) is 8.64. The number of methoxy groups -OCH3 is 2. The molecule has 2 heterocycles. The van der Waals surface area contributed by atoms with Gasteiger partial charge in [0.25, 0.3) is 14.1 Å². The van der Waals surface area contributed by atoms with E-state index in [-0.39, 0.29) is 38.3 Å². The van der Waals surface area contributed by atoms with Gasteiger partial charge in [-0.15, -0.1) is 0 Å². The summed E-state index contributed by atoms with van der Waals surface area (Å²) in [7, 11) is 1.72. The highest BCUT2D eigenvalue weighted by Gasteiger charge is 2.47. The van der Waals surface area contributed by atoms with Crippen molar-refractivity contribution in [3.8, 4) is 17.6 Å². The Hall–Kier alpha value is -4.34. The van der Waals surface area contributed by atoms with Crippen molar-refractivity contribution in [2.45, 2.75) is 64.1 Å². The summed E-state index contributed by atoms with van der Waals surface area (Å²) in [6.07, 6.45) is 0.349. The summed E-state index contributed by atoms with van der Waals surface area (Å²) in [6, 6.07) is 29.9. The van der Waals surface area contributed by atoms with Crippen LogP contribution in [0.15, 0.2) is 101 Å². The van der Waals surface area contributed by atoms with Crippen LogP contribution in [0.2, 0.25) is 0 Å². The minimum Gasteiger partial charge on any atom is -0.497 e. The highest BCUT2D eigenvalue weighted by molar-refractivity contribution is 7.44. The number of nitrogens with zero attached hydrogens (tertiary/aromatic N) is 4. The number of aromatic amines is 1. The molecule has 0 bridgehead atoms. The molecule has 12 nitrogen and oxygen atoms in total. The van der Waals surface area contributed by atoms with Crippen molar-refractivity contribution in [1.29, 1.82) is 5.26 Å². The van der Waals surface area contributed by atoms with Gasteiger partial charge in [-0.1, -0.05) is 54.6 Å². The van der Waals surface area contributed by atoms with Gasteiger partial charge in [-0.2, -0.15) is 5.26 Å². The van der Waals surface area contributed by atoms with Gasteiger partial charge in [0.15, 0.2) is 6.23 Å². The number of hydrogen-bond donors (Lipinski definition) is 1. The Kier molecular flexibility index (Phi) is 13.4. The van der Waals surface area contributed by atoms with Gasteiger partial charge in [-0.05, 0) is 68.7 Å². The maximum atomic E-state index is 13.3. The predicted molar refractivity (Wildman–Crippen MR) is 200 cm³/mol. The minimum absolute atomic E-state index is 0.111. The molecule has 0 spiro atoms. The lowest BCUT2D eigenvalue weighted by Crippen LogP contribution is -2.58. The fraction of sp³-hybridized carbons (Fsp3) is 0.410. The third-order valence-corrected chi connectivity index (χ3v) is 11.1. The van der Waals surface area contributed by atoms with Crippen molar-refractivity contribution in [3.63, 3.8) is 0 Å². The predicted octanol–water partition coefficient (Wildman–Crippen LogP) is 6.04. The molecular weight excluding hydrogens is 681 g/mol. The number of ether oxygens (including phenoxy) is 3. The minimum atomic E-state index is -1.56. The van der Waals surface area contributed by atoms with E-state index in [2.05, 4.69) is 84.7 Å². The first-order valence-corrected chi connectivity index (χ1v) is 18.5. The van der Waals surface area contributed by atoms with Crippen LogP contribution in [0.3, 0.4) is 0 Å². The molecule has 1 aromatic heterocycles. The number of benzene rings is 3. The quantitative estimate of drug-likeness (QED) is 0.0828.